The molecule has 1 aromatic carbocycles. The van der Waals surface area contributed by atoms with Crippen molar-refractivity contribution in [2.24, 2.45) is 0 Å². The van der Waals surface area contributed by atoms with Gasteiger partial charge in [-0.15, -0.1) is 10.2 Å². The molecule has 0 aliphatic heterocycles. The average molecular weight is 342 g/mol. The third kappa shape index (κ3) is 3.68. The van der Waals surface area contributed by atoms with Crippen LogP contribution in [0.2, 0.25) is 0 Å². The quantitative estimate of drug-likeness (QED) is 0.645. The lowest BCUT2D eigenvalue weighted by Gasteiger charge is -2.15. The number of aromatic nitrogens is 3. The normalized spacial score (nSPS) is 10.8. The minimum atomic E-state index is 0.0108. The van der Waals surface area contributed by atoms with Crippen LogP contribution in [0.3, 0.4) is 0 Å². The Kier molecular flexibility index (Phi) is 5.00. The second-order valence-electron chi connectivity index (χ2n) is 5.32. The van der Waals surface area contributed by atoms with E-state index in [2.05, 4.69) is 10.2 Å². The topological polar surface area (TPSA) is 64.2 Å². The summed E-state index contributed by atoms with van der Waals surface area (Å²) in [5.41, 5.74) is 0.985. The second-order valence-corrected chi connectivity index (χ2v) is 6.26. The van der Waals surface area contributed by atoms with E-state index in [4.69, 9.17) is 4.42 Å². The van der Waals surface area contributed by atoms with Gasteiger partial charge in [0, 0.05) is 12.7 Å². The number of para-hydroxylation sites is 1. The van der Waals surface area contributed by atoms with Crippen molar-refractivity contribution in [3.05, 3.63) is 60.3 Å². The number of amides is 1. The van der Waals surface area contributed by atoms with Gasteiger partial charge in [-0.05, 0) is 31.2 Å². The van der Waals surface area contributed by atoms with E-state index in [9.17, 15) is 4.79 Å². The van der Waals surface area contributed by atoms with Crippen LogP contribution >= 0.6 is 11.8 Å². The highest BCUT2D eigenvalue weighted by Gasteiger charge is 2.16. The third-order valence-corrected chi connectivity index (χ3v) is 4.45. The van der Waals surface area contributed by atoms with Gasteiger partial charge in [0.2, 0.25) is 5.91 Å². The summed E-state index contributed by atoms with van der Waals surface area (Å²) in [6.45, 7) is 2.35. The maximum Gasteiger partial charge on any atom is 0.233 e. The summed E-state index contributed by atoms with van der Waals surface area (Å²) in [5, 5.41) is 9.02. The van der Waals surface area contributed by atoms with E-state index >= 15 is 0 Å². The van der Waals surface area contributed by atoms with Crippen LogP contribution in [0.1, 0.15) is 11.6 Å². The van der Waals surface area contributed by atoms with E-state index in [1.54, 1.807) is 18.2 Å². The van der Waals surface area contributed by atoms with Crippen molar-refractivity contribution in [2.75, 3.05) is 12.8 Å². The van der Waals surface area contributed by atoms with Gasteiger partial charge in [0.25, 0.3) is 0 Å². The van der Waals surface area contributed by atoms with Gasteiger partial charge in [-0.1, -0.05) is 30.0 Å². The fourth-order valence-electron chi connectivity index (χ4n) is 2.27. The summed E-state index contributed by atoms with van der Waals surface area (Å²) < 4.78 is 7.22. The van der Waals surface area contributed by atoms with Crippen LogP contribution in [0.15, 0.2) is 58.3 Å². The summed E-state index contributed by atoms with van der Waals surface area (Å²) in [4.78, 5) is 13.9. The highest BCUT2D eigenvalue weighted by molar-refractivity contribution is 7.99. The molecule has 0 radical (unpaired) electrons. The number of carbonyl (C=O) groups is 1. The van der Waals surface area contributed by atoms with Gasteiger partial charge < -0.3 is 9.32 Å². The van der Waals surface area contributed by atoms with E-state index in [0.29, 0.717) is 17.5 Å². The minimum absolute atomic E-state index is 0.0108. The standard InChI is InChI=1S/C17H18N4O2S/c1-13-18-19-17(21(13)14-7-4-3-5-8-14)24-12-16(22)20(2)11-15-9-6-10-23-15/h3-10H,11-12H2,1-2H3. The van der Waals surface area contributed by atoms with E-state index < -0.39 is 0 Å². The minimum Gasteiger partial charge on any atom is -0.467 e. The van der Waals surface area contributed by atoms with Crippen molar-refractivity contribution in [3.63, 3.8) is 0 Å². The number of thioether (sulfide) groups is 1. The zero-order chi connectivity index (χ0) is 16.9. The van der Waals surface area contributed by atoms with Crippen molar-refractivity contribution >= 4 is 17.7 Å². The molecule has 0 N–H and O–H groups in total. The summed E-state index contributed by atoms with van der Waals surface area (Å²) in [7, 11) is 1.76. The molecule has 3 aromatic rings. The number of aryl methyl sites for hydroxylation is 1. The Morgan fingerprint density at radius 2 is 2.00 bits per heavy atom. The van der Waals surface area contributed by atoms with Gasteiger partial charge in [-0.2, -0.15) is 0 Å². The molecule has 24 heavy (non-hydrogen) atoms. The Morgan fingerprint density at radius 1 is 1.21 bits per heavy atom. The summed E-state index contributed by atoms with van der Waals surface area (Å²) >= 11 is 1.38. The van der Waals surface area contributed by atoms with Crippen molar-refractivity contribution in [1.82, 2.24) is 19.7 Å². The summed E-state index contributed by atoms with van der Waals surface area (Å²) in [5.74, 6) is 1.86. The molecule has 0 bridgehead atoms. The lowest BCUT2D eigenvalue weighted by atomic mass is 10.3. The Labute approximate surface area is 144 Å². The molecule has 2 heterocycles. The lowest BCUT2D eigenvalue weighted by molar-refractivity contribution is -0.127. The van der Waals surface area contributed by atoms with Crippen molar-refractivity contribution in [2.45, 2.75) is 18.6 Å². The van der Waals surface area contributed by atoms with Gasteiger partial charge in [-0.3, -0.25) is 9.36 Å². The Hall–Kier alpha value is -2.54. The molecular weight excluding hydrogens is 324 g/mol. The Morgan fingerprint density at radius 3 is 2.71 bits per heavy atom. The number of hydrogen-bond donors (Lipinski definition) is 0. The second kappa shape index (κ2) is 7.35. The molecule has 7 heteroatoms. The maximum absolute atomic E-state index is 12.3. The first-order valence-corrected chi connectivity index (χ1v) is 8.50. The first-order valence-electron chi connectivity index (χ1n) is 7.51. The highest BCUT2D eigenvalue weighted by atomic mass is 32.2. The average Bonchev–Trinajstić information content (AvgIpc) is 3.23. The Bertz CT molecular complexity index is 799. The van der Waals surface area contributed by atoms with Crippen molar-refractivity contribution in [1.29, 1.82) is 0 Å². The van der Waals surface area contributed by atoms with Crippen LogP contribution in [0.5, 0.6) is 0 Å². The molecule has 0 fully saturated rings. The Balaban J connectivity index is 1.66. The van der Waals surface area contributed by atoms with Crippen LogP contribution in [0.25, 0.3) is 5.69 Å². The van der Waals surface area contributed by atoms with Crippen LogP contribution in [-0.4, -0.2) is 38.4 Å². The molecule has 0 unspecified atom stereocenters. The fourth-order valence-corrected chi connectivity index (χ4v) is 3.21. The molecule has 0 saturated heterocycles. The fraction of sp³-hybridized carbons (Fsp3) is 0.235. The van der Waals surface area contributed by atoms with E-state index in [-0.39, 0.29) is 5.91 Å². The molecule has 6 nitrogen and oxygen atoms in total. The van der Waals surface area contributed by atoms with Crippen LogP contribution < -0.4 is 0 Å². The number of benzene rings is 1. The van der Waals surface area contributed by atoms with E-state index in [0.717, 1.165) is 17.3 Å². The number of rotatable bonds is 6. The van der Waals surface area contributed by atoms with Crippen LogP contribution in [0.4, 0.5) is 0 Å². The smallest absolute Gasteiger partial charge is 0.233 e. The molecule has 3 rings (SSSR count). The van der Waals surface area contributed by atoms with Crippen LogP contribution in [-0.2, 0) is 11.3 Å². The molecule has 124 valence electrons. The summed E-state index contributed by atoms with van der Waals surface area (Å²) in [6.07, 6.45) is 1.60. The monoisotopic (exact) mass is 342 g/mol. The SMILES string of the molecule is Cc1nnc(SCC(=O)N(C)Cc2ccco2)n1-c1ccccc1. The molecule has 0 aliphatic rings. The zero-order valence-corrected chi connectivity index (χ0v) is 14.4. The number of hydrogen-bond acceptors (Lipinski definition) is 5. The molecular formula is C17H18N4O2S. The molecule has 0 saturated carbocycles. The number of carbonyl (C=O) groups excluding carboxylic acids is 1. The molecule has 1 amide bonds. The number of furan rings is 1. The summed E-state index contributed by atoms with van der Waals surface area (Å²) in [6, 6.07) is 13.5. The van der Waals surface area contributed by atoms with E-state index in [1.807, 2.05) is 54.0 Å². The van der Waals surface area contributed by atoms with Gasteiger partial charge in [0.05, 0.1) is 18.6 Å². The lowest BCUT2D eigenvalue weighted by Crippen LogP contribution is -2.27. The predicted molar refractivity (Wildman–Crippen MR) is 92.0 cm³/mol. The number of nitrogens with zero attached hydrogens (tertiary/aromatic N) is 4. The van der Waals surface area contributed by atoms with Crippen molar-refractivity contribution in [3.8, 4) is 5.69 Å². The maximum atomic E-state index is 12.3. The first-order chi connectivity index (χ1) is 11.6. The van der Waals surface area contributed by atoms with Gasteiger partial charge in [0.15, 0.2) is 5.16 Å². The first kappa shape index (κ1) is 16.3. The zero-order valence-electron chi connectivity index (χ0n) is 13.5. The van der Waals surface area contributed by atoms with Gasteiger partial charge in [0.1, 0.15) is 11.6 Å². The largest absolute Gasteiger partial charge is 0.467 e. The van der Waals surface area contributed by atoms with Gasteiger partial charge in [-0.25, -0.2) is 0 Å². The van der Waals surface area contributed by atoms with Gasteiger partial charge >= 0.3 is 0 Å². The predicted octanol–water partition coefficient (Wildman–Crippen LogP) is 2.92. The third-order valence-electron chi connectivity index (χ3n) is 3.53. The van der Waals surface area contributed by atoms with Crippen LogP contribution in [0, 0.1) is 6.92 Å². The molecule has 0 aliphatic carbocycles. The molecule has 2 aromatic heterocycles. The van der Waals surface area contributed by atoms with E-state index in [1.165, 1.54) is 11.8 Å². The van der Waals surface area contributed by atoms with Crippen molar-refractivity contribution < 1.29 is 9.21 Å². The highest BCUT2D eigenvalue weighted by Crippen LogP contribution is 2.22. The molecule has 0 spiro atoms. The molecule has 0 atom stereocenters.